The molecule has 0 aliphatic heterocycles. The number of hydrogen-bond acceptors (Lipinski definition) is 6. The van der Waals surface area contributed by atoms with Crippen molar-refractivity contribution in [2.24, 2.45) is 0 Å². The molecule has 0 atom stereocenters. The first kappa shape index (κ1) is 23.8. The fourth-order valence-corrected chi connectivity index (χ4v) is 3.00. The fourth-order valence-electron chi connectivity index (χ4n) is 3.00. The molecule has 0 saturated carbocycles. The Morgan fingerprint density at radius 2 is 1.65 bits per heavy atom. The number of nitro benzene ring substituents is 1. The number of amides is 1. The topological polar surface area (TPSA) is 91.1 Å². The molecule has 31 heavy (non-hydrogen) atoms. The third kappa shape index (κ3) is 6.24. The first-order chi connectivity index (χ1) is 14.6. The van der Waals surface area contributed by atoms with Crippen LogP contribution in [-0.4, -0.2) is 49.8 Å². The number of hydrogen-bond donors (Lipinski definition) is 0. The molecule has 0 aromatic heterocycles. The second-order valence-electron chi connectivity index (χ2n) is 6.46. The molecular formula is C20H21F3N2O6. The minimum absolute atomic E-state index is 0.00464. The molecule has 0 aliphatic rings. The largest absolute Gasteiger partial charge is 0.493 e. The van der Waals surface area contributed by atoms with Gasteiger partial charge in [0, 0.05) is 11.6 Å². The monoisotopic (exact) mass is 442 g/mol. The average Bonchev–Trinajstić information content (AvgIpc) is 2.71. The van der Waals surface area contributed by atoms with Crippen molar-refractivity contribution in [1.29, 1.82) is 0 Å². The van der Waals surface area contributed by atoms with Crippen molar-refractivity contribution in [1.82, 2.24) is 4.90 Å². The Balaban J connectivity index is 2.36. The molecule has 0 heterocycles. The standard InChI is InChI=1S/C20H21F3N2O6/c1-29-16-8-13(9-17(30-2)19(16)31-3)10-18(26)24(12-20(21,22)23)11-14-6-4-5-7-15(14)25(27)28/h4-9H,10-12H2,1-3H3. The van der Waals surface area contributed by atoms with Gasteiger partial charge in [0.25, 0.3) is 5.69 Å². The van der Waals surface area contributed by atoms with Crippen molar-refractivity contribution in [2.75, 3.05) is 27.9 Å². The van der Waals surface area contributed by atoms with E-state index >= 15 is 0 Å². The quantitative estimate of drug-likeness (QED) is 0.434. The summed E-state index contributed by atoms with van der Waals surface area (Å²) >= 11 is 0. The summed E-state index contributed by atoms with van der Waals surface area (Å²) in [7, 11) is 4.13. The molecule has 1 amide bonds. The highest BCUT2D eigenvalue weighted by Crippen LogP contribution is 2.38. The van der Waals surface area contributed by atoms with Gasteiger partial charge in [0.15, 0.2) is 11.5 Å². The number of ether oxygens (including phenoxy) is 3. The number of alkyl halides is 3. The van der Waals surface area contributed by atoms with E-state index in [0.717, 1.165) is 0 Å². The van der Waals surface area contributed by atoms with Crippen LogP contribution in [0.4, 0.5) is 18.9 Å². The zero-order chi connectivity index (χ0) is 23.2. The van der Waals surface area contributed by atoms with Crippen LogP contribution in [0.5, 0.6) is 17.2 Å². The third-order valence-electron chi connectivity index (χ3n) is 4.35. The predicted molar refractivity (Wildman–Crippen MR) is 104 cm³/mol. The Morgan fingerprint density at radius 1 is 1.06 bits per heavy atom. The normalized spacial score (nSPS) is 11.0. The summed E-state index contributed by atoms with van der Waals surface area (Å²) in [6, 6.07) is 8.25. The Morgan fingerprint density at radius 3 is 2.13 bits per heavy atom. The fraction of sp³-hybridized carbons (Fsp3) is 0.350. The van der Waals surface area contributed by atoms with E-state index in [1.54, 1.807) is 0 Å². The van der Waals surface area contributed by atoms with Crippen LogP contribution in [0.15, 0.2) is 36.4 Å². The van der Waals surface area contributed by atoms with Crippen molar-refractivity contribution >= 4 is 11.6 Å². The van der Waals surface area contributed by atoms with E-state index in [0.29, 0.717) is 10.5 Å². The van der Waals surface area contributed by atoms with Gasteiger partial charge in [-0.3, -0.25) is 14.9 Å². The zero-order valence-corrected chi connectivity index (χ0v) is 17.1. The second-order valence-corrected chi connectivity index (χ2v) is 6.46. The van der Waals surface area contributed by atoms with Crippen molar-refractivity contribution in [2.45, 2.75) is 19.1 Å². The van der Waals surface area contributed by atoms with Crippen molar-refractivity contribution in [3.05, 3.63) is 57.6 Å². The summed E-state index contributed by atoms with van der Waals surface area (Å²) in [6.45, 7) is -2.12. The zero-order valence-electron chi connectivity index (χ0n) is 17.1. The van der Waals surface area contributed by atoms with E-state index in [1.165, 1.54) is 57.7 Å². The Hall–Kier alpha value is -3.50. The molecule has 0 bridgehead atoms. The van der Waals surface area contributed by atoms with Crippen LogP contribution in [0.25, 0.3) is 0 Å². The van der Waals surface area contributed by atoms with E-state index in [-0.39, 0.29) is 28.5 Å². The van der Waals surface area contributed by atoms with Crippen LogP contribution in [0, 0.1) is 10.1 Å². The summed E-state index contributed by atoms with van der Waals surface area (Å²) in [5.41, 5.74) is -0.0421. The smallest absolute Gasteiger partial charge is 0.406 e. The van der Waals surface area contributed by atoms with Gasteiger partial charge in [0.2, 0.25) is 11.7 Å². The first-order valence-corrected chi connectivity index (χ1v) is 8.95. The number of para-hydroxylation sites is 1. The maximum absolute atomic E-state index is 13.1. The van der Waals surface area contributed by atoms with Gasteiger partial charge >= 0.3 is 6.18 Å². The van der Waals surface area contributed by atoms with Gasteiger partial charge in [0.1, 0.15) is 6.54 Å². The first-order valence-electron chi connectivity index (χ1n) is 8.95. The van der Waals surface area contributed by atoms with Gasteiger partial charge in [-0.1, -0.05) is 18.2 Å². The van der Waals surface area contributed by atoms with Gasteiger partial charge < -0.3 is 19.1 Å². The van der Waals surface area contributed by atoms with Crippen LogP contribution in [0.3, 0.4) is 0 Å². The van der Waals surface area contributed by atoms with Gasteiger partial charge in [-0.15, -0.1) is 0 Å². The molecule has 0 spiro atoms. The van der Waals surface area contributed by atoms with Gasteiger partial charge in [-0.25, -0.2) is 0 Å². The van der Waals surface area contributed by atoms with Gasteiger partial charge in [-0.05, 0) is 17.7 Å². The van der Waals surface area contributed by atoms with Crippen molar-refractivity contribution < 1.29 is 37.1 Å². The lowest BCUT2D eigenvalue weighted by atomic mass is 10.1. The number of rotatable bonds is 9. The van der Waals surface area contributed by atoms with Gasteiger partial charge in [0.05, 0.1) is 39.2 Å². The van der Waals surface area contributed by atoms with Crippen molar-refractivity contribution in [3.8, 4) is 17.2 Å². The molecule has 0 N–H and O–H groups in total. The summed E-state index contributed by atoms with van der Waals surface area (Å²) in [6.07, 6.45) is -5.10. The maximum Gasteiger partial charge on any atom is 0.406 e. The SMILES string of the molecule is COc1cc(CC(=O)N(Cc2ccccc2[N+](=O)[O-])CC(F)(F)F)cc(OC)c1OC. The van der Waals surface area contributed by atoms with E-state index in [2.05, 4.69) is 0 Å². The lowest BCUT2D eigenvalue weighted by Crippen LogP contribution is -2.39. The highest BCUT2D eigenvalue weighted by Gasteiger charge is 2.34. The van der Waals surface area contributed by atoms with Crippen LogP contribution in [0.2, 0.25) is 0 Å². The Bertz CT molecular complexity index is 924. The highest BCUT2D eigenvalue weighted by molar-refractivity contribution is 5.79. The highest BCUT2D eigenvalue weighted by atomic mass is 19.4. The van der Waals surface area contributed by atoms with Crippen LogP contribution < -0.4 is 14.2 Å². The number of nitro groups is 1. The van der Waals surface area contributed by atoms with Crippen LogP contribution >= 0.6 is 0 Å². The molecule has 0 radical (unpaired) electrons. The Labute approximate surface area is 176 Å². The number of nitrogens with zero attached hydrogens (tertiary/aromatic N) is 2. The van der Waals surface area contributed by atoms with Crippen LogP contribution in [-0.2, 0) is 17.8 Å². The predicted octanol–water partition coefficient (Wildman–Crippen LogP) is 3.75. The molecule has 0 fully saturated rings. The molecule has 8 nitrogen and oxygen atoms in total. The minimum atomic E-state index is -4.69. The Kier molecular flexibility index (Phi) is 7.67. The summed E-state index contributed by atoms with van der Waals surface area (Å²) in [4.78, 5) is 23.8. The number of carbonyl (C=O) groups is 1. The maximum atomic E-state index is 13.1. The lowest BCUT2D eigenvalue weighted by Gasteiger charge is -2.24. The molecule has 2 rings (SSSR count). The molecular weight excluding hydrogens is 421 g/mol. The summed E-state index contributed by atoms with van der Waals surface area (Å²) < 4.78 is 54.9. The molecule has 0 aliphatic carbocycles. The number of benzene rings is 2. The second kappa shape index (κ2) is 10.0. The summed E-state index contributed by atoms with van der Waals surface area (Å²) in [5, 5.41) is 11.2. The summed E-state index contributed by atoms with van der Waals surface area (Å²) in [5.74, 6) is -0.116. The molecule has 0 unspecified atom stereocenters. The molecule has 2 aromatic carbocycles. The van der Waals surface area contributed by atoms with E-state index in [1.807, 2.05) is 0 Å². The number of carbonyl (C=O) groups excluding carboxylic acids is 1. The molecule has 168 valence electrons. The number of methoxy groups -OCH3 is 3. The van der Waals surface area contributed by atoms with E-state index in [4.69, 9.17) is 14.2 Å². The number of halogens is 3. The van der Waals surface area contributed by atoms with Crippen LogP contribution in [0.1, 0.15) is 11.1 Å². The van der Waals surface area contributed by atoms with Gasteiger partial charge in [-0.2, -0.15) is 13.2 Å². The minimum Gasteiger partial charge on any atom is -0.493 e. The molecule has 2 aromatic rings. The van der Waals surface area contributed by atoms with E-state index in [9.17, 15) is 28.1 Å². The third-order valence-corrected chi connectivity index (χ3v) is 4.35. The molecule has 11 heteroatoms. The molecule has 0 saturated heterocycles. The average molecular weight is 442 g/mol. The van der Waals surface area contributed by atoms with E-state index < -0.39 is 36.5 Å². The lowest BCUT2D eigenvalue weighted by molar-refractivity contribution is -0.385. The van der Waals surface area contributed by atoms with Crippen molar-refractivity contribution in [3.63, 3.8) is 0 Å².